The molecule has 0 radical (unpaired) electrons. The lowest BCUT2D eigenvalue weighted by Crippen LogP contribution is -2.14. The van der Waals surface area contributed by atoms with Crippen molar-refractivity contribution in [3.63, 3.8) is 0 Å². The van der Waals surface area contributed by atoms with Gasteiger partial charge >= 0.3 is 5.97 Å². The summed E-state index contributed by atoms with van der Waals surface area (Å²) in [5.41, 5.74) is 5.01. The molecule has 190 valence electrons. The van der Waals surface area contributed by atoms with Gasteiger partial charge in [-0.2, -0.15) is 9.90 Å². The summed E-state index contributed by atoms with van der Waals surface area (Å²) in [7, 11) is 1.70. The van der Waals surface area contributed by atoms with Gasteiger partial charge in [-0.25, -0.2) is 4.68 Å². The van der Waals surface area contributed by atoms with Crippen molar-refractivity contribution in [2.75, 3.05) is 5.32 Å². The highest BCUT2D eigenvalue weighted by molar-refractivity contribution is 6.32. The molecule has 5 aromatic rings. The fourth-order valence-corrected chi connectivity index (χ4v) is 4.31. The Morgan fingerprint density at radius 2 is 1.63 bits per heavy atom. The Morgan fingerprint density at radius 1 is 0.947 bits per heavy atom. The van der Waals surface area contributed by atoms with E-state index < -0.39 is 11.9 Å². The lowest BCUT2D eigenvalue weighted by Gasteiger charge is -2.10. The molecular weight excluding hydrogens is 506 g/mol. The molecule has 38 heavy (non-hydrogen) atoms. The van der Waals surface area contributed by atoms with E-state index in [2.05, 4.69) is 25.8 Å². The molecule has 2 aromatic heterocycles. The van der Waals surface area contributed by atoms with Crippen molar-refractivity contribution in [1.82, 2.24) is 30.0 Å². The predicted octanol–water partition coefficient (Wildman–Crippen LogP) is 4.57. The first-order valence-corrected chi connectivity index (χ1v) is 12.0. The van der Waals surface area contributed by atoms with Crippen molar-refractivity contribution in [3.8, 4) is 28.3 Å². The zero-order valence-electron chi connectivity index (χ0n) is 20.5. The quantitative estimate of drug-likeness (QED) is 0.317. The zero-order chi connectivity index (χ0) is 26.8. The van der Waals surface area contributed by atoms with E-state index in [0.29, 0.717) is 39.0 Å². The minimum absolute atomic E-state index is 0.0926. The topological polar surface area (TPSA) is 128 Å². The van der Waals surface area contributed by atoms with Gasteiger partial charge in [0.25, 0.3) is 5.91 Å². The maximum atomic E-state index is 13.3. The Kier molecular flexibility index (Phi) is 6.71. The van der Waals surface area contributed by atoms with Crippen LogP contribution in [-0.4, -0.2) is 47.0 Å². The first-order chi connectivity index (χ1) is 18.3. The standard InChI is InChI=1S/C27H22ClN7O3/c1-16-24(27(38)29-20-13-7-17(8-14-20)15-23(36)37)31-35(22-6-4-3-5-21(22)28)25(16)18-9-11-19(12-10-18)26-30-33-34(2)32-26/h3-14H,15H2,1-2H3,(H,29,38)(H,36,37). The molecule has 0 spiro atoms. The molecule has 2 heterocycles. The monoisotopic (exact) mass is 527 g/mol. The molecule has 0 saturated heterocycles. The van der Waals surface area contributed by atoms with Gasteiger partial charge in [0.05, 0.1) is 29.9 Å². The van der Waals surface area contributed by atoms with E-state index in [9.17, 15) is 9.59 Å². The highest BCUT2D eigenvalue weighted by atomic mass is 35.5. The number of carbonyl (C=O) groups excluding carboxylic acids is 1. The van der Waals surface area contributed by atoms with Crippen LogP contribution in [0.1, 0.15) is 21.6 Å². The normalized spacial score (nSPS) is 10.9. The summed E-state index contributed by atoms with van der Waals surface area (Å²) in [6, 6.07) is 21.5. The van der Waals surface area contributed by atoms with Crippen LogP contribution < -0.4 is 5.32 Å². The summed E-state index contributed by atoms with van der Waals surface area (Å²) >= 11 is 6.52. The minimum Gasteiger partial charge on any atom is -0.481 e. The highest BCUT2D eigenvalue weighted by Crippen LogP contribution is 2.32. The zero-order valence-corrected chi connectivity index (χ0v) is 21.2. The number of hydrogen-bond acceptors (Lipinski definition) is 6. The van der Waals surface area contributed by atoms with E-state index in [1.807, 2.05) is 49.4 Å². The number of para-hydroxylation sites is 1. The summed E-state index contributed by atoms with van der Waals surface area (Å²) in [5.74, 6) is -0.818. The molecule has 0 unspecified atom stereocenters. The first-order valence-electron chi connectivity index (χ1n) is 11.6. The molecule has 0 aliphatic heterocycles. The molecule has 2 N–H and O–H groups in total. The molecule has 5 rings (SSSR count). The SMILES string of the molecule is Cc1c(C(=O)Nc2ccc(CC(=O)O)cc2)nn(-c2ccccc2Cl)c1-c1ccc(-c2nnn(C)n2)cc1. The molecule has 0 aliphatic rings. The van der Waals surface area contributed by atoms with Gasteiger partial charge in [-0.15, -0.1) is 10.2 Å². The molecule has 11 heteroatoms. The molecule has 0 fully saturated rings. The predicted molar refractivity (Wildman–Crippen MR) is 142 cm³/mol. The number of carboxylic acids is 1. The maximum absolute atomic E-state index is 13.3. The van der Waals surface area contributed by atoms with Crippen molar-refractivity contribution in [1.29, 1.82) is 0 Å². The molecular formula is C27H22ClN7O3. The number of hydrogen-bond donors (Lipinski definition) is 2. The Balaban J connectivity index is 1.52. The molecule has 3 aromatic carbocycles. The third kappa shape index (κ3) is 5.02. The number of amides is 1. The Morgan fingerprint density at radius 3 is 2.26 bits per heavy atom. The summed E-state index contributed by atoms with van der Waals surface area (Å²) in [4.78, 5) is 25.6. The number of nitrogens with one attached hydrogen (secondary N) is 1. The first kappa shape index (κ1) is 24.8. The van der Waals surface area contributed by atoms with Gasteiger partial charge in [0.2, 0.25) is 5.82 Å². The van der Waals surface area contributed by atoms with Crippen molar-refractivity contribution >= 4 is 29.2 Å². The van der Waals surface area contributed by atoms with Gasteiger partial charge in [0, 0.05) is 22.4 Å². The number of halogens is 1. The third-order valence-electron chi connectivity index (χ3n) is 5.91. The molecule has 0 bridgehead atoms. The summed E-state index contributed by atoms with van der Waals surface area (Å²) in [6.07, 6.45) is -0.0926. The van der Waals surface area contributed by atoms with Gasteiger partial charge in [0.15, 0.2) is 5.69 Å². The maximum Gasteiger partial charge on any atom is 0.307 e. The Labute approximate surface area is 222 Å². The van der Waals surface area contributed by atoms with Gasteiger partial charge in [0.1, 0.15) is 0 Å². The van der Waals surface area contributed by atoms with Crippen LogP contribution in [0.15, 0.2) is 72.8 Å². The fraction of sp³-hybridized carbons (Fsp3) is 0.111. The van der Waals surface area contributed by atoms with E-state index in [-0.39, 0.29) is 12.1 Å². The molecule has 1 amide bonds. The molecule has 0 saturated carbocycles. The number of benzene rings is 3. The second-order valence-corrected chi connectivity index (χ2v) is 8.99. The number of aromatic nitrogens is 6. The number of carbonyl (C=O) groups is 2. The fourth-order valence-electron chi connectivity index (χ4n) is 4.10. The van der Waals surface area contributed by atoms with Crippen LogP contribution in [0.3, 0.4) is 0 Å². The average Bonchev–Trinajstić information content (AvgIpc) is 3.48. The van der Waals surface area contributed by atoms with Crippen LogP contribution in [0, 0.1) is 6.92 Å². The van der Waals surface area contributed by atoms with Crippen molar-refractivity contribution in [2.45, 2.75) is 13.3 Å². The third-order valence-corrected chi connectivity index (χ3v) is 6.23. The van der Waals surface area contributed by atoms with Crippen LogP contribution >= 0.6 is 11.6 Å². The molecule has 10 nitrogen and oxygen atoms in total. The van der Waals surface area contributed by atoms with Gasteiger partial charge in [-0.1, -0.05) is 60.1 Å². The second kappa shape index (κ2) is 10.3. The number of nitrogens with zero attached hydrogens (tertiary/aromatic N) is 6. The Hall–Kier alpha value is -4.83. The van der Waals surface area contributed by atoms with Crippen molar-refractivity contribution < 1.29 is 14.7 Å². The van der Waals surface area contributed by atoms with E-state index in [1.54, 1.807) is 42.1 Å². The number of aliphatic carboxylic acids is 1. The van der Waals surface area contributed by atoms with Crippen LogP contribution in [-0.2, 0) is 18.3 Å². The summed E-state index contributed by atoms with van der Waals surface area (Å²) in [5, 5.41) is 29.1. The number of anilines is 1. The van der Waals surface area contributed by atoms with E-state index in [4.69, 9.17) is 16.7 Å². The van der Waals surface area contributed by atoms with Crippen molar-refractivity contribution in [3.05, 3.63) is 94.6 Å². The van der Waals surface area contributed by atoms with Crippen LogP contribution in [0.5, 0.6) is 0 Å². The van der Waals surface area contributed by atoms with E-state index in [0.717, 1.165) is 11.1 Å². The number of rotatable bonds is 7. The second-order valence-electron chi connectivity index (χ2n) is 8.59. The van der Waals surface area contributed by atoms with Gasteiger partial charge in [-0.3, -0.25) is 9.59 Å². The molecule has 0 atom stereocenters. The number of carboxylic acid groups (broad SMARTS) is 1. The average molecular weight is 528 g/mol. The lowest BCUT2D eigenvalue weighted by atomic mass is 10.0. The molecule has 0 aliphatic carbocycles. The van der Waals surface area contributed by atoms with Crippen LogP contribution in [0.2, 0.25) is 5.02 Å². The largest absolute Gasteiger partial charge is 0.481 e. The summed E-state index contributed by atoms with van der Waals surface area (Å²) < 4.78 is 1.66. The summed E-state index contributed by atoms with van der Waals surface area (Å²) in [6.45, 7) is 1.83. The number of tetrazole rings is 1. The van der Waals surface area contributed by atoms with Gasteiger partial charge < -0.3 is 10.4 Å². The number of aryl methyl sites for hydroxylation is 1. The van der Waals surface area contributed by atoms with E-state index >= 15 is 0 Å². The smallest absolute Gasteiger partial charge is 0.307 e. The van der Waals surface area contributed by atoms with E-state index in [1.165, 1.54) is 4.80 Å². The van der Waals surface area contributed by atoms with Gasteiger partial charge in [-0.05, 0) is 42.0 Å². The minimum atomic E-state index is -0.920. The van der Waals surface area contributed by atoms with Crippen molar-refractivity contribution in [2.24, 2.45) is 7.05 Å². The Bertz CT molecular complexity index is 1640. The van der Waals surface area contributed by atoms with Crippen LogP contribution in [0.25, 0.3) is 28.3 Å². The highest BCUT2D eigenvalue weighted by Gasteiger charge is 2.23. The lowest BCUT2D eigenvalue weighted by molar-refractivity contribution is -0.136. The van der Waals surface area contributed by atoms with Crippen LogP contribution in [0.4, 0.5) is 5.69 Å².